The standard InChI is InChI=1S/C9H17NO3/c1-2-13-9(12)6-10-5-8(11)7-3-4-7/h7-8,10-11H,2-6H2,1H3. The minimum Gasteiger partial charge on any atom is -0.465 e. The van der Waals surface area contributed by atoms with Gasteiger partial charge < -0.3 is 15.2 Å². The molecule has 4 heteroatoms. The zero-order valence-electron chi connectivity index (χ0n) is 7.95. The summed E-state index contributed by atoms with van der Waals surface area (Å²) in [6.07, 6.45) is 1.93. The van der Waals surface area contributed by atoms with Crippen molar-refractivity contribution in [3.05, 3.63) is 0 Å². The van der Waals surface area contributed by atoms with E-state index in [1.54, 1.807) is 6.92 Å². The summed E-state index contributed by atoms with van der Waals surface area (Å²) in [6, 6.07) is 0. The summed E-state index contributed by atoms with van der Waals surface area (Å²) in [7, 11) is 0. The third-order valence-corrected chi connectivity index (χ3v) is 2.09. The van der Waals surface area contributed by atoms with Gasteiger partial charge in [-0.2, -0.15) is 0 Å². The van der Waals surface area contributed by atoms with Crippen molar-refractivity contribution in [1.29, 1.82) is 0 Å². The van der Waals surface area contributed by atoms with Crippen LogP contribution in [0.3, 0.4) is 0 Å². The zero-order chi connectivity index (χ0) is 9.68. The number of rotatable bonds is 6. The summed E-state index contributed by atoms with van der Waals surface area (Å²) in [5.41, 5.74) is 0. The molecule has 1 aliphatic rings. The topological polar surface area (TPSA) is 58.6 Å². The van der Waals surface area contributed by atoms with E-state index in [9.17, 15) is 9.90 Å². The first kappa shape index (κ1) is 10.5. The molecule has 1 saturated carbocycles. The molecule has 0 radical (unpaired) electrons. The van der Waals surface area contributed by atoms with E-state index in [4.69, 9.17) is 4.74 Å². The lowest BCUT2D eigenvalue weighted by Crippen LogP contribution is -2.32. The molecule has 0 amide bonds. The van der Waals surface area contributed by atoms with Gasteiger partial charge in [-0.15, -0.1) is 0 Å². The molecular weight excluding hydrogens is 170 g/mol. The maximum absolute atomic E-state index is 10.8. The molecule has 1 atom stereocenters. The van der Waals surface area contributed by atoms with Crippen molar-refractivity contribution in [2.45, 2.75) is 25.9 Å². The Balaban J connectivity index is 1.96. The summed E-state index contributed by atoms with van der Waals surface area (Å²) in [5.74, 6) is 0.195. The van der Waals surface area contributed by atoms with E-state index < -0.39 is 0 Å². The van der Waals surface area contributed by atoms with Crippen LogP contribution in [0.1, 0.15) is 19.8 Å². The van der Waals surface area contributed by atoms with Crippen molar-refractivity contribution in [2.75, 3.05) is 19.7 Å². The fourth-order valence-corrected chi connectivity index (χ4v) is 1.18. The van der Waals surface area contributed by atoms with Gasteiger partial charge in [-0.3, -0.25) is 4.79 Å². The Morgan fingerprint density at radius 1 is 1.69 bits per heavy atom. The third kappa shape index (κ3) is 4.24. The predicted molar refractivity (Wildman–Crippen MR) is 48.2 cm³/mol. The molecule has 2 N–H and O–H groups in total. The second kappa shape index (κ2) is 5.19. The average molecular weight is 187 g/mol. The summed E-state index contributed by atoms with van der Waals surface area (Å²) in [4.78, 5) is 10.8. The van der Waals surface area contributed by atoms with Gasteiger partial charge in [0.2, 0.25) is 0 Å². The van der Waals surface area contributed by atoms with E-state index in [0.717, 1.165) is 12.8 Å². The van der Waals surface area contributed by atoms with Crippen LogP contribution in [-0.4, -0.2) is 36.9 Å². The fraction of sp³-hybridized carbons (Fsp3) is 0.889. The van der Waals surface area contributed by atoms with Crippen LogP contribution in [0, 0.1) is 5.92 Å². The third-order valence-electron chi connectivity index (χ3n) is 2.09. The molecular formula is C9H17NO3. The first-order valence-corrected chi connectivity index (χ1v) is 4.78. The van der Waals surface area contributed by atoms with E-state index in [2.05, 4.69) is 5.32 Å². The molecule has 0 aromatic rings. The molecule has 0 aliphatic heterocycles. The summed E-state index contributed by atoms with van der Waals surface area (Å²) < 4.78 is 4.72. The second-order valence-corrected chi connectivity index (χ2v) is 3.34. The molecule has 4 nitrogen and oxygen atoms in total. The van der Waals surface area contributed by atoms with Crippen LogP contribution < -0.4 is 5.32 Å². The fourth-order valence-electron chi connectivity index (χ4n) is 1.18. The predicted octanol–water partition coefficient (Wildman–Crippen LogP) is -0.0900. The van der Waals surface area contributed by atoms with Crippen molar-refractivity contribution in [3.63, 3.8) is 0 Å². The lowest BCUT2D eigenvalue weighted by molar-refractivity contribution is -0.142. The largest absolute Gasteiger partial charge is 0.465 e. The maximum Gasteiger partial charge on any atom is 0.319 e. The molecule has 13 heavy (non-hydrogen) atoms. The highest BCUT2D eigenvalue weighted by Crippen LogP contribution is 2.32. The minimum atomic E-state index is -0.297. The van der Waals surface area contributed by atoms with E-state index in [1.807, 2.05) is 0 Å². The van der Waals surface area contributed by atoms with E-state index in [-0.39, 0.29) is 18.6 Å². The zero-order valence-corrected chi connectivity index (χ0v) is 7.95. The summed E-state index contributed by atoms with van der Waals surface area (Å²) in [5, 5.41) is 12.3. The Hall–Kier alpha value is -0.610. The van der Waals surface area contributed by atoms with Crippen molar-refractivity contribution in [1.82, 2.24) is 5.32 Å². The molecule has 0 heterocycles. The molecule has 1 rings (SSSR count). The van der Waals surface area contributed by atoms with Crippen LogP contribution in [0.2, 0.25) is 0 Å². The van der Waals surface area contributed by atoms with Gasteiger partial charge in [0, 0.05) is 6.54 Å². The minimum absolute atomic E-state index is 0.192. The molecule has 0 saturated heterocycles. The molecule has 0 spiro atoms. The SMILES string of the molecule is CCOC(=O)CNCC(O)C1CC1. The highest BCUT2D eigenvalue weighted by atomic mass is 16.5. The highest BCUT2D eigenvalue weighted by Gasteiger charge is 2.29. The molecule has 0 bridgehead atoms. The number of carbonyl (C=O) groups is 1. The van der Waals surface area contributed by atoms with Crippen LogP contribution in [0.5, 0.6) is 0 Å². The van der Waals surface area contributed by atoms with Gasteiger partial charge in [0.1, 0.15) is 0 Å². The number of carbonyl (C=O) groups excluding carboxylic acids is 1. The summed E-state index contributed by atoms with van der Waals surface area (Å²) >= 11 is 0. The highest BCUT2D eigenvalue weighted by molar-refractivity contribution is 5.71. The first-order chi connectivity index (χ1) is 6.24. The van der Waals surface area contributed by atoms with E-state index >= 15 is 0 Å². The first-order valence-electron chi connectivity index (χ1n) is 4.78. The number of esters is 1. The van der Waals surface area contributed by atoms with Crippen LogP contribution >= 0.6 is 0 Å². The number of aliphatic hydroxyl groups excluding tert-OH is 1. The van der Waals surface area contributed by atoms with Gasteiger partial charge in [0.15, 0.2) is 0 Å². The smallest absolute Gasteiger partial charge is 0.319 e. The Labute approximate surface area is 78.3 Å². The van der Waals surface area contributed by atoms with Crippen LogP contribution in [-0.2, 0) is 9.53 Å². The number of aliphatic hydroxyl groups is 1. The average Bonchev–Trinajstić information content (AvgIpc) is 2.86. The number of hydrogen-bond acceptors (Lipinski definition) is 4. The Bertz CT molecular complexity index is 168. The van der Waals surface area contributed by atoms with Gasteiger partial charge in [-0.1, -0.05) is 0 Å². The van der Waals surface area contributed by atoms with E-state index in [0.29, 0.717) is 19.1 Å². The lowest BCUT2D eigenvalue weighted by Gasteiger charge is -2.09. The van der Waals surface area contributed by atoms with Crippen molar-refractivity contribution in [3.8, 4) is 0 Å². The lowest BCUT2D eigenvalue weighted by atomic mass is 10.2. The van der Waals surface area contributed by atoms with E-state index in [1.165, 1.54) is 0 Å². The van der Waals surface area contributed by atoms with Crippen LogP contribution in [0.25, 0.3) is 0 Å². The number of ether oxygens (including phenoxy) is 1. The van der Waals surface area contributed by atoms with Crippen molar-refractivity contribution in [2.24, 2.45) is 5.92 Å². The molecule has 1 aliphatic carbocycles. The molecule has 0 aromatic heterocycles. The number of hydrogen-bond donors (Lipinski definition) is 2. The van der Waals surface area contributed by atoms with Crippen LogP contribution in [0.15, 0.2) is 0 Å². The summed E-state index contributed by atoms with van der Waals surface area (Å²) in [6.45, 7) is 2.86. The van der Waals surface area contributed by atoms with Gasteiger partial charge in [-0.05, 0) is 25.7 Å². The molecule has 76 valence electrons. The van der Waals surface area contributed by atoms with Crippen molar-refractivity contribution >= 4 is 5.97 Å². The molecule has 1 fully saturated rings. The Kier molecular flexibility index (Phi) is 4.18. The molecule has 1 unspecified atom stereocenters. The quantitative estimate of drug-likeness (QED) is 0.571. The van der Waals surface area contributed by atoms with Crippen molar-refractivity contribution < 1.29 is 14.6 Å². The monoisotopic (exact) mass is 187 g/mol. The normalized spacial score (nSPS) is 18.3. The second-order valence-electron chi connectivity index (χ2n) is 3.34. The van der Waals surface area contributed by atoms with Gasteiger partial charge in [0.05, 0.1) is 19.3 Å². The van der Waals surface area contributed by atoms with Gasteiger partial charge >= 0.3 is 5.97 Å². The maximum atomic E-state index is 10.8. The Morgan fingerprint density at radius 3 is 2.92 bits per heavy atom. The van der Waals surface area contributed by atoms with Crippen LogP contribution in [0.4, 0.5) is 0 Å². The number of nitrogens with one attached hydrogen (secondary N) is 1. The Morgan fingerprint density at radius 2 is 2.38 bits per heavy atom. The van der Waals surface area contributed by atoms with Gasteiger partial charge in [0.25, 0.3) is 0 Å². The van der Waals surface area contributed by atoms with Gasteiger partial charge in [-0.25, -0.2) is 0 Å². The molecule has 0 aromatic carbocycles.